The Morgan fingerprint density at radius 2 is 2.21 bits per heavy atom. The van der Waals surface area contributed by atoms with Crippen LogP contribution in [0.4, 0.5) is 5.82 Å². The molecule has 102 valence electrons. The minimum absolute atomic E-state index is 0.409. The number of pyridine rings is 1. The predicted octanol–water partition coefficient (Wildman–Crippen LogP) is 2.46. The summed E-state index contributed by atoms with van der Waals surface area (Å²) in [5, 5.41) is 12.7. The molecule has 2 unspecified atom stereocenters. The number of nitriles is 1. The largest absolute Gasteiger partial charge is 0.366 e. The Morgan fingerprint density at radius 1 is 1.47 bits per heavy atom. The highest BCUT2D eigenvalue weighted by molar-refractivity contribution is 5.56. The van der Waals surface area contributed by atoms with Gasteiger partial charge in [0, 0.05) is 24.3 Å². The second-order valence-electron chi connectivity index (χ2n) is 5.61. The minimum atomic E-state index is 0.409. The second kappa shape index (κ2) is 5.58. The maximum Gasteiger partial charge on any atom is 0.144 e. The number of nitrogens with one attached hydrogen (secondary N) is 1. The van der Waals surface area contributed by atoms with Crippen molar-refractivity contribution in [2.45, 2.75) is 45.7 Å². The maximum atomic E-state index is 9.28. The standard InChI is InChI=1S/C15H22N4/c1-10-7-11(2)17-15(14(10)9-16)18-13-5-6-19(4)12(3)8-13/h7,12-13H,5-6,8H2,1-4H3,(H,17,18). The van der Waals surface area contributed by atoms with E-state index in [9.17, 15) is 5.26 Å². The van der Waals surface area contributed by atoms with Gasteiger partial charge in [-0.15, -0.1) is 0 Å². The Kier molecular flexibility index (Phi) is 4.06. The van der Waals surface area contributed by atoms with E-state index in [4.69, 9.17) is 0 Å². The lowest BCUT2D eigenvalue weighted by atomic mass is 9.98. The molecule has 0 amide bonds. The number of rotatable bonds is 2. The molecule has 4 nitrogen and oxygen atoms in total. The van der Waals surface area contributed by atoms with Crippen molar-refractivity contribution in [3.8, 4) is 6.07 Å². The summed E-state index contributed by atoms with van der Waals surface area (Å²) in [4.78, 5) is 6.87. The van der Waals surface area contributed by atoms with Crippen LogP contribution in [0.2, 0.25) is 0 Å². The molecule has 1 aliphatic heterocycles. The lowest BCUT2D eigenvalue weighted by Crippen LogP contribution is -2.42. The molecular formula is C15H22N4. The second-order valence-corrected chi connectivity index (χ2v) is 5.61. The van der Waals surface area contributed by atoms with Crippen LogP contribution >= 0.6 is 0 Å². The highest BCUT2D eigenvalue weighted by Gasteiger charge is 2.23. The van der Waals surface area contributed by atoms with Gasteiger partial charge >= 0.3 is 0 Å². The summed E-state index contributed by atoms with van der Waals surface area (Å²) in [6.45, 7) is 7.27. The Balaban J connectivity index is 2.18. The van der Waals surface area contributed by atoms with Crippen LogP contribution < -0.4 is 5.32 Å². The highest BCUT2D eigenvalue weighted by atomic mass is 15.2. The SMILES string of the molecule is Cc1cc(C)c(C#N)c(NC2CCN(C)C(C)C2)n1. The molecule has 1 aliphatic rings. The van der Waals surface area contributed by atoms with Gasteiger partial charge in [0.15, 0.2) is 0 Å². The smallest absolute Gasteiger partial charge is 0.144 e. The fourth-order valence-corrected chi connectivity index (χ4v) is 2.70. The first kappa shape index (κ1) is 13.8. The lowest BCUT2D eigenvalue weighted by Gasteiger charge is -2.35. The summed E-state index contributed by atoms with van der Waals surface area (Å²) in [5.41, 5.74) is 2.63. The summed E-state index contributed by atoms with van der Waals surface area (Å²) >= 11 is 0. The molecule has 1 aromatic heterocycles. The van der Waals surface area contributed by atoms with Gasteiger partial charge in [0.2, 0.25) is 0 Å². The van der Waals surface area contributed by atoms with Crippen LogP contribution in [0.5, 0.6) is 0 Å². The number of likely N-dealkylation sites (tertiary alicyclic amines) is 1. The van der Waals surface area contributed by atoms with E-state index in [1.54, 1.807) is 0 Å². The van der Waals surface area contributed by atoms with Crippen molar-refractivity contribution in [3.63, 3.8) is 0 Å². The molecule has 4 heteroatoms. The molecule has 2 rings (SSSR count). The molecule has 0 radical (unpaired) electrons. The molecule has 1 aromatic rings. The summed E-state index contributed by atoms with van der Waals surface area (Å²) in [5.74, 6) is 0.752. The zero-order valence-electron chi connectivity index (χ0n) is 12.2. The van der Waals surface area contributed by atoms with Gasteiger partial charge in [-0.05, 0) is 52.3 Å². The van der Waals surface area contributed by atoms with Crippen LogP contribution in [-0.2, 0) is 0 Å². The van der Waals surface area contributed by atoms with E-state index in [1.165, 1.54) is 0 Å². The number of hydrogen-bond donors (Lipinski definition) is 1. The average molecular weight is 258 g/mol. The van der Waals surface area contributed by atoms with Crippen molar-refractivity contribution >= 4 is 5.82 Å². The van der Waals surface area contributed by atoms with Crippen molar-refractivity contribution in [2.24, 2.45) is 0 Å². The van der Waals surface area contributed by atoms with Gasteiger partial charge in [0.25, 0.3) is 0 Å². The van der Waals surface area contributed by atoms with E-state index in [2.05, 4.69) is 35.2 Å². The normalized spacial score (nSPS) is 23.9. The molecule has 1 N–H and O–H groups in total. The van der Waals surface area contributed by atoms with Crippen molar-refractivity contribution in [1.29, 1.82) is 5.26 Å². The van der Waals surface area contributed by atoms with E-state index in [0.29, 0.717) is 17.6 Å². The number of nitrogens with zero attached hydrogens (tertiary/aromatic N) is 3. The fourth-order valence-electron chi connectivity index (χ4n) is 2.70. The maximum absolute atomic E-state index is 9.28. The van der Waals surface area contributed by atoms with Crippen LogP contribution in [0.25, 0.3) is 0 Å². The third kappa shape index (κ3) is 3.05. The number of anilines is 1. The Morgan fingerprint density at radius 3 is 2.84 bits per heavy atom. The van der Waals surface area contributed by atoms with Crippen LogP contribution in [-0.4, -0.2) is 35.6 Å². The van der Waals surface area contributed by atoms with E-state index in [-0.39, 0.29) is 0 Å². The van der Waals surface area contributed by atoms with Gasteiger partial charge in [-0.1, -0.05) is 0 Å². The van der Waals surface area contributed by atoms with Crippen LogP contribution in [0, 0.1) is 25.2 Å². The van der Waals surface area contributed by atoms with Gasteiger partial charge < -0.3 is 10.2 Å². The van der Waals surface area contributed by atoms with Crippen LogP contribution in [0.3, 0.4) is 0 Å². The van der Waals surface area contributed by atoms with Crippen LogP contribution in [0.1, 0.15) is 36.6 Å². The summed E-state index contributed by atoms with van der Waals surface area (Å²) in [6, 6.07) is 5.21. The zero-order valence-corrected chi connectivity index (χ0v) is 12.2. The molecule has 0 aromatic carbocycles. The average Bonchev–Trinajstić information content (AvgIpc) is 2.33. The number of hydrogen-bond acceptors (Lipinski definition) is 4. The molecule has 0 aliphatic carbocycles. The van der Waals surface area contributed by atoms with Crippen LogP contribution in [0.15, 0.2) is 6.07 Å². The van der Waals surface area contributed by atoms with E-state index in [1.807, 2.05) is 19.9 Å². The monoisotopic (exact) mass is 258 g/mol. The first-order chi connectivity index (χ1) is 9.01. The molecule has 19 heavy (non-hydrogen) atoms. The number of aromatic nitrogens is 1. The fraction of sp³-hybridized carbons (Fsp3) is 0.600. The molecule has 1 saturated heterocycles. The Bertz CT molecular complexity index is 504. The highest BCUT2D eigenvalue weighted by Crippen LogP contribution is 2.23. The zero-order chi connectivity index (χ0) is 14.0. The lowest BCUT2D eigenvalue weighted by molar-refractivity contribution is 0.190. The molecule has 0 saturated carbocycles. The van der Waals surface area contributed by atoms with Gasteiger partial charge in [-0.2, -0.15) is 5.26 Å². The molecule has 2 atom stereocenters. The van der Waals surface area contributed by atoms with Gasteiger partial charge in [-0.25, -0.2) is 4.98 Å². The van der Waals surface area contributed by atoms with Gasteiger partial charge in [0.05, 0.1) is 5.56 Å². The van der Waals surface area contributed by atoms with Gasteiger partial charge in [0.1, 0.15) is 11.9 Å². The summed E-state index contributed by atoms with van der Waals surface area (Å²) < 4.78 is 0. The first-order valence-electron chi connectivity index (χ1n) is 6.86. The summed E-state index contributed by atoms with van der Waals surface area (Å²) in [6.07, 6.45) is 2.19. The Hall–Kier alpha value is -1.60. The topological polar surface area (TPSA) is 52.0 Å². The molecular weight excluding hydrogens is 236 g/mol. The Labute approximate surface area is 115 Å². The third-order valence-corrected chi connectivity index (χ3v) is 4.01. The number of piperidine rings is 1. The summed E-state index contributed by atoms with van der Waals surface area (Å²) in [7, 11) is 2.16. The molecule has 2 heterocycles. The van der Waals surface area contributed by atoms with Gasteiger partial charge in [-0.3, -0.25) is 0 Å². The van der Waals surface area contributed by atoms with E-state index < -0.39 is 0 Å². The molecule has 0 bridgehead atoms. The van der Waals surface area contributed by atoms with Crippen molar-refractivity contribution in [3.05, 3.63) is 22.9 Å². The van der Waals surface area contributed by atoms with Crippen molar-refractivity contribution in [1.82, 2.24) is 9.88 Å². The molecule has 0 spiro atoms. The van der Waals surface area contributed by atoms with E-state index >= 15 is 0 Å². The first-order valence-corrected chi connectivity index (χ1v) is 6.86. The predicted molar refractivity (Wildman–Crippen MR) is 77.2 cm³/mol. The quantitative estimate of drug-likeness (QED) is 0.885. The molecule has 1 fully saturated rings. The number of aryl methyl sites for hydroxylation is 2. The third-order valence-electron chi connectivity index (χ3n) is 4.01. The van der Waals surface area contributed by atoms with Crippen molar-refractivity contribution in [2.75, 3.05) is 18.9 Å². The van der Waals surface area contributed by atoms with Crippen molar-refractivity contribution < 1.29 is 0 Å². The minimum Gasteiger partial charge on any atom is -0.366 e. The van der Waals surface area contributed by atoms with E-state index in [0.717, 1.165) is 36.5 Å².